The van der Waals surface area contributed by atoms with Gasteiger partial charge in [0.1, 0.15) is 11.5 Å². The Morgan fingerprint density at radius 1 is 0.438 bits per heavy atom. The van der Waals surface area contributed by atoms with Crippen molar-refractivity contribution in [2.75, 3.05) is 39.6 Å². The Morgan fingerprint density at radius 2 is 0.734 bits per heavy atom. The van der Waals surface area contributed by atoms with E-state index in [9.17, 15) is 19.2 Å². The number of hydrogen-bond donors (Lipinski definition) is 0. The molecular weight excluding hydrogens is 817 g/mol. The van der Waals surface area contributed by atoms with E-state index in [-0.39, 0.29) is 25.2 Å². The lowest BCUT2D eigenvalue weighted by molar-refractivity contribution is -0.288. The summed E-state index contributed by atoms with van der Waals surface area (Å²) in [7, 11) is 0. The maximum Gasteiger partial charge on any atom is 0.340 e. The van der Waals surface area contributed by atoms with E-state index in [1.165, 1.54) is 12.2 Å². The molecule has 1 aliphatic heterocycles. The molecule has 12 heteroatoms. The van der Waals surface area contributed by atoms with Gasteiger partial charge in [-0.2, -0.15) is 0 Å². The van der Waals surface area contributed by atoms with E-state index >= 15 is 0 Å². The summed E-state index contributed by atoms with van der Waals surface area (Å²) in [4.78, 5) is 48.4. The molecule has 2 atom stereocenters. The van der Waals surface area contributed by atoms with Gasteiger partial charge in [0.2, 0.25) is 0 Å². The van der Waals surface area contributed by atoms with E-state index < -0.39 is 24.5 Å². The Morgan fingerprint density at radius 3 is 1.06 bits per heavy atom. The Labute approximate surface area is 376 Å². The van der Waals surface area contributed by atoms with Crippen LogP contribution in [0.2, 0.25) is 0 Å². The first-order valence-corrected chi connectivity index (χ1v) is 22.2. The minimum atomic E-state index is -1.25. The van der Waals surface area contributed by atoms with Gasteiger partial charge < -0.3 is 37.9 Å². The minimum absolute atomic E-state index is 0.167. The predicted molar refractivity (Wildman–Crippen MR) is 243 cm³/mol. The van der Waals surface area contributed by atoms with Crippen molar-refractivity contribution in [3.63, 3.8) is 0 Å². The molecule has 1 heterocycles. The summed E-state index contributed by atoms with van der Waals surface area (Å²) in [5, 5.41) is 0. The zero-order valence-electron chi connectivity index (χ0n) is 36.6. The average Bonchev–Trinajstić information content (AvgIpc) is 3.33. The van der Waals surface area contributed by atoms with Crippen molar-refractivity contribution in [2.45, 2.75) is 89.6 Å². The van der Waals surface area contributed by atoms with Gasteiger partial charge in [-0.05, 0) is 96.5 Å². The molecule has 4 aromatic rings. The number of rotatable bonds is 28. The molecule has 64 heavy (non-hydrogen) atoms. The van der Waals surface area contributed by atoms with E-state index in [0.29, 0.717) is 37.6 Å². The third kappa shape index (κ3) is 17.1. The van der Waals surface area contributed by atoms with Gasteiger partial charge in [0.05, 0.1) is 50.8 Å². The number of esters is 4. The monoisotopic (exact) mass is 876 g/mol. The highest BCUT2D eigenvalue weighted by molar-refractivity contribution is 5.91. The van der Waals surface area contributed by atoms with Crippen LogP contribution in [0.3, 0.4) is 0 Å². The summed E-state index contributed by atoms with van der Waals surface area (Å²) in [6.07, 6.45) is 12.1. The summed E-state index contributed by atoms with van der Waals surface area (Å²) >= 11 is 0. The first kappa shape index (κ1) is 48.8. The number of unbranched alkanes of at least 4 members (excludes halogenated alkanes) is 10. The molecule has 2 unspecified atom stereocenters. The molecule has 0 spiro atoms. The third-order valence-electron chi connectivity index (χ3n) is 10.4. The number of benzene rings is 4. The highest BCUT2D eigenvalue weighted by Crippen LogP contribution is 2.26. The fourth-order valence-electron chi connectivity index (χ4n) is 6.76. The highest BCUT2D eigenvalue weighted by Gasteiger charge is 2.34. The molecule has 5 rings (SSSR count). The van der Waals surface area contributed by atoms with Gasteiger partial charge in [0.15, 0.2) is 0 Å². The summed E-state index contributed by atoms with van der Waals surface area (Å²) in [5.74, 6) is -0.454. The second-order valence-corrected chi connectivity index (χ2v) is 15.2. The predicted octanol–water partition coefficient (Wildman–Crippen LogP) is 10.6. The fraction of sp³-hybridized carbons (Fsp3) is 0.385. The zero-order valence-corrected chi connectivity index (χ0v) is 36.6. The van der Waals surface area contributed by atoms with Crippen molar-refractivity contribution in [3.8, 4) is 33.8 Å². The van der Waals surface area contributed by atoms with Gasteiger partial charge in [0.25, 0.3) is 12.6 Å². The summed E-state index contributed by atoms with van der Waals surface area (Å²) in [6, 6.07) is 29.6. The highest BCUT2D eigenvalue weighted by atomic mass is 16.8. The molecule has 0 amide bonds. The van der Waals surface area contributed by atoms with Crippen LogP contribution in [0.15, 0.2) is 122 Å². The van der Waals surface area contributed by atoms with E-state index in [0.717, 1.165) is 111 Å². The van der Waals surface area contributed by atoms with Crippen LogP contribution in [0.25, 0.3) is 22.3 Å². The van der Waals surface area contributed by atoms with Crippen LogP contribution in [-0.2, 0) is 38.0 Å². The standard InChI is InChI=1S/C52H60O12/c1-3-47(53)59-35-15-11-7-5-9-13-33-57-45-29-25-41(26-30-45)39-17-21-43(22-18-39)49(55)63-51-52(62-38-37-61-51)64-50(56)44-23-19-40(20-24-44)42-27-31-46(32-28-42)58-34-14-10-6-8-12-16-36-60-48(54)4-2/h3-4,17-32,51-52H,1-2,5-16,33-38H2. The van der Waals surface area contributed by atoms with Crippen LogP contribution in [0.4, 0.5) is 0 Å². The molecule has 4 aromatic carbocycles. The smallest absolute Gasteiger partial charge is 0.340 e. The van der Waals surface area contributed by atoms with Crippen molar-refractivity contribution in [3.05, 3.63) is 133 Å². The molecule has 1 fully saturated rings. The van der Waals surface area contributed by atoms with Gasteiger partial charge in [-0.15, -0.1) is 0 Å². The van der Waals surface area contributed by atoms with Crippen LogP contribution in [0.5, 0.6) is 11.5 Å². The molecule has 0 bridgehead atoms. The van der Waals surface area contributed by atoms with Gasteiger partial charge in [0, 0.05) is 12.2 Å². The molecule has 0 aromatic heterocycles. The lowest BCUT2D eigenvalue weighted by atomic mass is 10.0. The summed E-state index contributed by atoms with van der Waals surface area (Å²) in [5.41, 5.74) is 4.37. The zero-order chi connectivity index (χ0) is 45.2. The van der Waals surface area contributed by atoms with Crippen molar-refractivity contribution >= 4 is 23.9 Å². The Bertz CT molecular complexity index is 1890. The van der Waals surface area contributed by atoms with E-state index in [4.69, 9.17) is 37.9 Å². The normalized spacial score (nSPS) is 14.4. The van der Waals surface area contributed by atoms with Gasteiger partial charge >= 0.3 is 23.9 Å². The first-order chi connectivity index (χ1) is 31.3. The Kier molecular flexibility index (Phi) is 21.1. The number of ether oxygens (including phenoxy) is 8. The van der Waals surface area contributed by atoms with Crippen LogP contribution in [-0.4, -0.2) is 76.1 Å². The minimum Gasteiger partial charge on any atom is -0.494 e. The summed E-state index contributed by atoms with van der Waals surface area (Å²) in [6.45, 7) is 9.26. The molecule has 0 N–H and O–H groups in total. The number of hydrogen-bond acceptors (Lipinski definition) is 12. The largest absolute Gasteiger partial charge is 0.494 e. The number of carbonyl (C=O) groups excluding carboxylic acids is 4. The van der Waals surface area contributed by atoms with Crippen LogP contribution < -0.4 is 9.47 Å². The topological polar surface area (TPSA) is 142 Å². The van der Waals surface area contributed by atoms with Gasteiger partial charge in [-0.1, -0.05) is 113 Å². The average molecular weight is 877 g/mol. The van der Waals surface area contributed by atoms with Crippen molar-refractivity contribution in [1.29, 1.82) is 0 Å². The SMILES string of the molecule is C=CC(=O)OCCCCCCCCOc1ccc(-c2ccc(C(=O)OC3OCCOC3OC(=O)c3ccc(-c4ccc(OCCCCCCCCOC(=O)C=C)cc4)cc3)cc2)cc1. The van der Waals surface area contributed by atoms with E-state index in [1.807, 2.05) is 72.8 Å². The Balaban J connectivity index is 0.987. The van der Waals surface area contributed by atoms with E-state index in [1.54, 1.807) is 24.3 Å². The van der Waals surface area contributed by atoms with Crippen LogP contribution in [0, 0.1) is 0 Å². The maximum atomic E-state index is 13.2. The third-order valence-corrected chi connectivity index (χ3v) is 10.4. The van der Waals surface area contributed by atoms with Crippen LogP contribution >= 0.6 is 0 Å². The van der Waals surface area contributed by atoms with Crippen molar-refractivity contribution in [1.82, 2.24) is 0 Å². The molecule has 1 saturated heterocycles. The first-order valence-electron chi connectivity index (χ1n) is 22.2. The van der Waals surface area contributed by atoms with Crippen LogP contribution in [0.1, 0.15) is 97.8 Å². The second-order valence-electron chi connectivity index (χ2n) is 15.2. The molecule has 1 aliphatic rings. The van der Waals surface area contributed by atoms with Gasteiger partial charge in [-0.3, -0.25) is 0 Å². The summed E-state index contributed by atoms with van der Waals surface area (Å²) < 4.78 is 44.4. The maximum absolute atomic E-state index is 13.2. The molecule has 12 nitrogen and oxygen atoms in total. The van der Waals surface area contributed by atoms with Gasteiger partial charge in [-0.25, -0.2) is 19.2 Å². The van der Waals surface area contributed by atoms with Crippen molar-refractivity contribution in [2.24, 2.45) is 0 Å². The molecule has 340 valence electrons. The molecule has 0 radical (unpaired) electrons. The number of carbonyl (C=O) groups is 4. The molecule has 0 saturated carbocycles. The second kappa shape index (κ2) is 27.7. The van der Waals surface area contributed by atoms with Crippen molar-refractivity contribution < 1.29 is 57.1 Å². The Hall–Kier alpha value is -6.24. The molecule has 0 aliphatic carbocycles. The van der Waals surface area contributed by atoms with E-state index in [2.05, 4.69) is 13.2 Å². The molecular formula is C52H60O12. The fourth-order valence-corrected chi connectivity index (χ4v) is 6.76. The lowest BCUT2D eigenvalue weighted by Gasteiger charge is -2.30. The lowest BCUT2D eigenvalue weighted by Crippen LogP contribution is -2.44. The quantitative estimate of drug-likeness (QED) is 0.0232.